The summed E-state index contributed by atoms with van der Waals surface area (Å²) in [7, 11) is 0. The summed E-state index contributed by atoms with van der Waals surface area (Å²) in [4.78, 5) is 16.5. The zero-order valence-corrected chi connectivity index (χ0v) is 22.8. The number of anilines is 1. The Hall–Kier alpha value is -3.63. The van der Waals surface area contributed by atoms with E-state index in [2.05, 4.69) is 41.9 Å². The van der Waals surface area contributed by atoms with Crippen LogP contribution in [0.1, 0.15) is 21.6 Å². The Kier molecular flexibility index (Phi) is 7.03. The molecule has 5 aromatic rings. The van der Waals surface area contributed by atoms with E-state index in [-0.39, 0.29) is 22.9 Å². The molecule has 37 heavy (non-hydrogen) atoms. The number of H-pyrrole nitrogens is 1. The van der Waals surface area contributed by atoms with E-state index in [1.54, 1.807) is 42.5 Å². The number of nitrogen functional groups attached to an aromatic ring is 1. The molecule has 0 spiro atoms. The molecule has 3 N–H and O–H groups in total. The fourth-order valence-corrected chi connectivity index (χ4v) is 4.59. The van der Waals surface area contributed by atoms with E-state index in [4.69, 9.17) is 15.2 Å². The van der Waals surface area contributed by atoms with Gasteiger partial charge in [0.05, 0.1) is 34.2 Å². The largest absolute Gasteiger partial charge is 0.492 e. The number of benzene rings is 3. The van der Waals surface area contributed by atoms with Gasteiger partial charge in [-0.1, -0.05) is 28.1 Å². The minimum absolute atomic E-state index is 0.133. The number of aromatic nitrogens is 3. The first-order valence-electron chi connectivity index (χ1n) is 11.3. The first-order chi connectivity index (χ1) is 17.9. The molecule has 5 rings (SSSR count). The third kappa shape index (κ3) is 4.99. The molecule has 0 aliphatic carbocycles. The van der Waals surface area contributed by atoms with Crippen molar-refractivity contribution in [3.05, 3.63) is 94.0 Å². The van der Waals surface area contributed by atoms with Crippen LogP contribution in [0.5, 0.6) is 17.2 Å². The lowest BCUT2D eigenvalue weighted by atomic mass is 10.1. The second-order valence-corrected chi connectivity index (χ2v) is 9.90. The van der Waals surface area contributed by atoms with Crippen molar-refractivity contribution in [1.82, 2.24) is 14.8 Å². The van der Waals surface area contributed by atoms with Crippen molar-refractivity contribution in [2.24, 2.45) is 0 Å². The first-order valence-corrected chi connectivity index (χ1v) is 13.2. The van der Waals surface area contributed by atoms with Crippen molar-refractivity contribution in [3.63, 3.8) is 0 Å². The third-order valence-corrected chi connectivity index (χ3v) is 6.71. The number of nitrogens with one attached hydrogen (secondary N) is 1. The maximum absolute atomic E-state index is 13.9. The Balaban J connectivity index is 1.41. The molecule has 2 heterocycles. The summed E-state index contributed by atoms with van der Waals surface area (Å²) in [5.41, 5.74) is 9.28. The van der Waals surface area contributed by atoms with Crippen molar-refractivity contribution >= 4 is 54.4 Å². The molecule has 0 saturated heterocycles. The number of rotatable bonds is 8. The fourth-order valence-electron chi connectivity index (χ4n) is 3.97. The average molecular weight is 628 g/mol. The van der Waals surface area contributed by atoms with Crippen molar-refractivity contribution in [2.75, 3.05) is 17.7 Å². The highest BCUT2D eigenvalue weighted by Crippen LogP contribution is 2.32. The van der Waals surface area contributed by atoms with E-state index in [0.29, 0.717) is 34.8 Å². The maximum atomic E-state index is 13.9. The number of carbonyl (C=O) groups is 1. The smallest absolute Gasteiger partial charge is 0.214 e. The van der Waals surface area contributed by atoms with Crippen LogP contribution in [-0.4, -0.2) is 32.5 Å². The van der Waals surface area contributed by atoms with E-state index >= 15 is 0 Å². The zero-order chi connectivity index (χ0) is 26.1. The minimum Gasteiger partial charge on any atom is -0.492 e. The number of ketones is 1. The number of fused-ring (bicyclic) bond motifs is 1. The van der Waals surface area contributed by atoms with Crippen molar-refractivity contribution < 1.29 is 18.7 Å². The number of nitrogens with zero attached hydrogens (tertiary/aromatic N) is 2. The summed E-state index contributed by atoms with van der Waals surface area (Å²) >= 11 is 6.86. The number of aromatic amines is 1. The van der Waals surface area contributed by atoms with Crippen LogP contribution in [0.2, 0.25) is 0 Å². The lowest BCUT2D eigenvalue weighted by Crippen LogP contribution is -2.08. The number of ether oxygens (including phenoxy) is 2. The van der Waals surface area contributed by atoms with Gasteiger partial charge >= 0.3 is 0 Å². The first kappa shape index (κ1) is 25.0. The van der Waals surface area contributed by atoms with Gasteiger partial charge in [0.15, 0.2) is 11.6 Å². The van der Waals surface area contributed by atoms with Gasteiger partial charge in [0.1, 0.15) is 17.3 Å². The number of para-hydroxylation sites is 1. The minimum atomic E-state index is -0.448. The number of aryl methyl sites for hydroxylation is 1. The highest BCUT2D eigenvalue weighted by Gasteiger charge is 2.21. The number of hydrogen-bond acceptors (Lipinski definition) is 5. The molecule has 0 bridgehead atoms. The zero-order valence-electron chi connectivity index (χ0n) is 19.6. The molecule has 10 heteroatoms. The molecule has 0 saturated carbocycles. The molecule has 7 nitrogen and oxygen atoms in total. The molecular formula is C27H21Br2FN4O3. The predicted molar refractivity (Wildman–Crippen MR) is 148 cm³/mol. The van der Waals surface area contributed by atoms with Gasteiger partial charge in [-0.25, -0.2) is 9.07 Å². The quantitative estimate of drug-likeness (QED) is 0.143. The molecule has 0 aliphatic heterocycles. The standard InChI is InChI=1S/C27H21Br2FN4O3/c1-15-10-17(37-24-5-3-2-4-20(24)30)6-7-23(15)34-27(31)18(14-32-34)26(35)22-11-16-12-25(36-9-8-28)19(29)13-21(16)33-22/h2-7,10-14,33H,8-9,31H2,1H3. The summed E-state index contributed by atoms with van der Waals surface area (Å²) in [6.07, 6.45) is 1.45. The second-order valence-electron chi connectivity index (χ2n) is 8.26. The molecule has 0 fully saturated rings. The van der Waals surface area contributed by atoms with Gasteiger partial charge in [-0.2, -0.15) is 5.10 Å². The molecule has 2 aromatic heterocycles. The lowest BCUT2D eigenvalue weighted by Gasteiger charge is -2.12. The molecule has 0 unspecified atom stereocenters. The van der Waals surface area contributed by atoms with E-state index in [1.165, 1.54) is 16.9 Å². The van der Waals surface area contributed by atoms with E-state index in [1.807, 2.05) is 19.1 Å². The van der Waals surface area contributed by atoms with Crippen LogP contribution >= 0.6 is 31.9 Å². The maximum Gasteiger partial charge on any atom is 0.214 e. The number of alkyl halides is 1. The van der Waals surface area contributed by atoms with Crippen LogP contribution in [-0.2, 0) is 0 Å². The highest BCUT2D eigenvalue weighted by molar-refractivity contribution is 9.10. The third-order valence-electron chi connectivity index (χ3n) is 5.76. The van der Waals surface area contributed by atoms with Crippen LogP contribution in [0.3, 0.4) is 0 Å². The van der Waals surface area contributed by atoms with Gasteiger partial charge in [-0.3, -0.25) is 4.79 Å². The van der Waals surface area contributed by atoms with Gasteiger partial charge in [0.25, 0.3) is 0 Å². The number of halogens is 3. The summed E-state index contributed by atoms with van der Waals surface area (Å²) in [5.74, 6) is 0.768. The molecule has 3 aromatic carbocycles. The van der Waals surface area contributed by atoms with E-state index in [0.717, 1.165) is 20.9 Å². The fraction of sp³-hybridized carbons (Fsp3) is 0.111. The average Bonchev–Trinajstić information content (AvgIpc) is 3.47. The summed E-state index contributed by atoms with van der Waals surface area (Å²) in [5, 5.41) is 5.90. The van der Waals surface area contributed by atoms with Gasteiger partial charge < -0.3 is 20.2 Å². The lowest BCUT2D eigenvalue weighted by molar-refractivity contribution is 0.103. The molecule has 188 valence electrons. The van der Waals surface area contributed by atoms with Crippen molar-refractivity contribution in [3.8, 4) is 22.9 Å². The van der Waals surface area contributed by atoms with Crippen LogP contribution in [0.15, 0.2) is 71.3 Å². The molecule has 0 atom stereocenters. The Labute approximate surface area is 228 Å². The molecule has 0 aliphatic rings. The Morgan fingerprint density at radius 1 is 1.14 bits per heavy atom. The number of hydrogen-bond donors (Lipinski definition) is 2. The highest BCUT2D eigenvalue weighted by atomic mass is 79.9. The molecular weight excluding hydrogens is 607 g/mol. The van der Waals surface area contributed by atoms with Crippen molar-refractivity contribution in [1.29, 1.82) is 0 Å². The van der Waals surface area contributed by atoms with E-state index < -0.39 is 5.82 Å². The Morgan fingerprint density at radius 2 is 1.95 bits per heavy atom. The normalized spacial score (nSPS) is 11.1. The van der Waals surface area contributed by atoms with Gasteiger partial charge in [0.2, 0.25) is 5.78 Å². The summed E-state index contributed by atoms with van der Waals surface area (Å²) < 4.78 is 27.6. The predicted octanol–water partition coefficient (Wildman–Crippen LogP) is 6.94. The van der Waals surface area contributed by atoms with Crippen LogP contribution < -0.4 is 15.2 Å². The Bertz CT molecular complexity index is 1630. The van der Waals surface area contributed by atoms with Crippen molar-refractivity contribution in [2.45, 2.75) is 6.92 Å². The van der Waals surface area contributed by atoms with Gasteiger partial charge in [-0.05, 0) is 76.9 Å². The Morgan fingerprint density at radius 3 is 2.70 bits per heavy atom. The SMILES string of the molecule is Cc1cc(Oc2ccccc2F)ccc1-n1ncc(C(=O)c2cc3cc(OCCBr)c(Br)cc3[nH]2)c1N. The molecule has 0 amide bonds. The molecule has 0 radical (unpaired) electrons. The number of nitrogens with two attached hydrogens (primary N) is 1. The summed E-state index contributed by atoms with van der Waals surface area (Å²) in [6.45, 7) is 2.38. The second kappa shape index (κ2) is 10.4. The number of carbonyl (C=O) groups excluding carboxylic acids is 1. The van der Waals surface area contributed by atoms with Crippen LogP contribution in [0.4, 0.5) is 10.2 Å². The van der Waals surface area contributed by atoms with Gasteiger partial charge in [0, 0.05) is 16.2 Å². The van der Waals surface area contributed by atoms with E-state index in [9.17, 15) is 9.18 Å². The van der Waals surface area contributed by atoms with Crippen LogP contribution in [0, 0.1) is 12.7 Å². The van der Waals surface area contributed by atoms with Gasteiger partial charge in [-0.15, -0.1) is 0 Å². The monoisotopic (exact) mass is 626 g/mol. The van der Waals surface area contributed by atoms with Crippen LogP contribution in [0.25, 0.3) is 16.6 Å². The summed E-state index contributed by atoms with van der Waals surface area (Å²) in [6, 6.07) is 16.9. The topological polar surface area (TPSA) is 95.2 Å².